The maximum atomic E-state index is 5.66. The molecule has 2 aromatic heterocycles. The second kappa shape index (κ2) is 3.64. The Morgan fingerprint density at radius 3 is 3.00 bits per heavy atom. The van der Waals surface area contributed by atoms with Crippen molar-refractivity contribution in [2.45, 2.75) is 5.88 Å². The van der Waals surface area contributed by atoms with E-state index in [9.17, 15) is 0 Å². The average molecular weight is 234 g/mol. The first-order valence-corrected chi connectivity index (χ1v) is 5.36. The van der Waals surface area contributed by atoms with Gasteiger partial charge in [-0.3, -0.25) is 5.10 Å². The van der Waals surface area contributed by atoms with Crippen LogP contribution in [-0.4, -0.2) is 15.2 Å². The van der Waals surface area contributed by atoms with Gasteiger partial charge in [0.1, 0.15) is 17.7 Å². The molecule has 0 aliphatic heterocycles. The maximum Gasteiger partial charge on any atom is 0.185 e. The smallest absolute Gasteiger partial charge is 0.185 e. The van der Waals surface area contributed by atoms with E-state index in [-0.39, 0.29) is 0 Å². The summed E-state index contributed by atoms with van der Waals surface area (Å²) in [5.41, 5.74) is 1.71. The van der Waals surface area contributed by atoms with E-state index in [0.29, 0.717) is 17.5 Å². The number of fused-ring (bicyclic) bond motifs is 1. The number of furan rings is 1. The second-order valence-corrected chi connectivity index (χ2v) is 3.65. The Kier molecular flexibility index (Phi) is 2.15. The Morgan fingerprint density at radius 2 is 2.19 bits per heavy atom. The van der Waals surface area contributed by atoms with E-state index < -0.39 is 0 Å². The number of aromatic nitrogens is 3. The van der Waals surface area contributed by atoms with Crippen molar-refractivity contribution >= 4 is 22.6 Å². The average Bonchev–Trinajstić information content (AvgIpc) is 2.94. The fourth-order valence-electron chi connectivity index (χ4n) is 1.63. The van der Waals surface area contributed by atoms with Gasteiger partial charge in [-0.25, -0.2) is 4.98 Å². The minimum Gasteiger partial charge on any atom is -0.464 e. The fraction of sp³-hybridized carbons (Fsp3) is 0.0909. The van der Waals surface area contributed by atoms with Gasteiger partial charge in [0.05, 0.1) is 11.4 Å². The molecule has 0 radical (unpaired) electrons. The zero-order valence-corrected chi connectivity index (χ0v) is 9.03. The fourth-order valence-corrected chi connectivity index (χ4v) is 1.75. The van der Waals surface area contributed by atoms with Crippen LogP contribution in [0.2, 0.25) is 0 Å². The molecule has 80 valence electrons. The van der Waals surface area contributed by atoms with Gasteiger partial charge in [-0.2, -0.15) is 5.10 Å². The molecule has 0 spiro atoms. The summed E-state index contributed by atoms with van der Waals surface area (Å²) in [5.74, 6) is 1.59. The van der Waals surface area contributed by atoms with Gasteiger partial charge in [0.2, 0.25) is 0 Å². The molecule has 0 saturated heterocycles. The first-order valence-electron chi connectivity index (χ1n) is 4.82. The molecule has 0 saturated carbocycles. The summed E-state index contributed by atoms with van der Waals surface area (Å²) in [6, 6.07) is 7.77. The predicted octanol–water partition coefficient (Wildman–Crippen LogP) is 2.96. The number of alkyl halides is 1. The van der Waals surface area contributed by atoms with Crippen LogP contribution in [0.3, 0.4) is 0 Å². The summed E-state index contributed by atoms with van der Waals surface area (Å²) in [5, 5.41) is 7.88. The number of rotatable bonds is 2. The van der Waals surface area contributed by atoms with Crippen molar-refractivity contribution in [3.05, 3.63) is 36.4 Å². The number of halogens is 1. The third kappa shape index (κ3) is 1.39. The lowest BCUT2D eigenvalue weighted by Crippen LogP contribution is -1.79. The van der Waals surface area contributed by atoms with E-state index in [1.807, 2.05) is 24.3 Å². The van der Waals surface area contributed by atoms with Crippen LogP contribution in [0.1, 0.15) is 5.82 Å². The Hall–Kier alpha value is -1.81. The number of nitrogens with zero attached hydrogens (tertiary/aromatic N) is 2. The first-order chi connectivity index (χ1) is 7.88. The van der Waals surface area contributed by atoms with E-state index in [0.717, 1.165) is 16.5 Å². The largest absolute Gasteiger partial charge is 0.464 e. The van der Waals surface area contributed by atoms with E-state index in [2.05, 4.69) is 15.2 Å². The summed E-state index contributed by atoms with van der Waals surface area (Å²) in [4.78, 5) is 4.26. The van der Waals surface area contributed by atoms with Gasteiger partial charge in [0.15, 0.2) is 5.82 Å². The second-order valence-electron chi connectivity index (χ2n) is 3.38. The summed E-state index contributed by atoms with van der Waals surface area (Å²) < 4.78 is 5.42. The van der Waals surface area contributed by atoms with Gasteiger partial charge < -0.3 is 4.42 Å². The number of hydrogen-bond acceptors (Lipinski definition) is 3. The van der Waals surface area contributed by atoms with Crippen molar-refractivity contribution in [1.29, 1.82) is 0 Å². The molecule has 3 aromatic rings. The van der Waals surface area contributed by atoms with Gasteiger partial charge in [-0.1, -0.05) is 18.2 Å². The van der Waals surface area contributed by atoms with Crippen LogP contribution in [-0.2, 0) is 5.88 Å². The molecule has 1 aromatic carbocycles. The first kappa shape index (κ1) is 9.42. The van der Waals surface area contributed by atoms with Crippen LogP contribution in [0.25, 0.3) is 22.4 Å². The monoisotopic (exact) mass is 233 g/mol. The highest BCUT2D eigenvalue weighted by Crippen LogP contribution is 2.27. The molecule has 3 rings (SSSR count). The molecule has 0 aliphatic rings. The molecule has 2 heterocycles. The van der Waals surface area contributed by atoms with Crippen molar-refractivity contribution < 1.29 is 4.42 Å². The topological polar surface area (TPSA) is 54.7 Å². The standard InChI is InChI=1S/C11H8ClN3O/c12-5-10-13-11(15-14-10)8-6-16-9-4-2-1-3-7(8)9/h1-4,6H,5H2,(H,13,14,15). The summed E-state index contributed by atoms with van der Waals surface area (Å²) in [6.07, 6.45) is 1.66. The van der Waals surface area contributed by atoms with Gasteiger partial charge in [0.25, 0.3) is 0 Å². The van der Waals surface area contributed by atoms with E-state index in [1.165, 1.54) is 0 Å². The van der Waals surface area contributed by atoms with E-state index in [4.69, 9.17) is 16.0 Å². The lowest BCUT2D eigenvalue weighted by Gasteiger charge is -1.89. The summed E-state index contributed by atoms with van der Waals surface area (Å²) in [6.45, 7) is 0. The molecule has 1 N–H and O–H groups in total. The Morgan fingerprint density at radius 1 is 1.31 bits per heavy atom. The Balaban J connectivity index is 2.18. The zero-order valence-electron chi connectivity index (χ0n) is 8.27. The van der Waals surface area contributed by atoms with Crippen LogP contribution in [0.5, 0.6) is 0 Å². The number of aromatic amines is 1. The minimum atomic E-state index is 0.322. The number of nitrogens with one attached hydrogen (secondary N) is 1. The van der Waals surface area contributed by atoms with Crippen molar-refractivity contribution in [1.82, 2.24) is 15.2 Å². The zero-order chi connectivity index (χ0) is 11.0. The van der Waals surface area contributed by atoms with Crippen LogP contribution < -0.4 is 0 Å². The summed E-state index contributed by atoms with van der Waals surface area (Å²) in [7, 11) is 0. The lowest BCUT2D eigenvalue weighted by molar-refractivity contribution is 0.616. The minimum absolute atomic E-state index is 0.322. The van der Waals surface area contributed by atoms with Crippen LogP contribution >= 0.6 is 11.6 Å². The quantitative estimate of drug-likeness (QED) is 0.693. The van der Waals surface area contributed by atoms with Crippen molar-refractivity contribution in [2.75, 3.05) is 0 Å². The van der Waals surface area contributed by atoms with Gasteiger partial charge >= 0.3 is 0 Å². The number of hydrogen-bond donors (Lipinski definition) is 1. The van der Waals surface area contributed by atoms with Gasteiger partial charge in [-0.05, 0) is 6.07 Å². The molecular formula is C11H8ClN3O. The SMILES string of the molecule is ClCc1nc(-c2coc3ccccc23)n[nH]1. The number of para-hydroxylation sites is 1. The van der Waals surface area contributed by atoms with Crippen LogP contribution in [0, 0.1) is 0 Å². The lowest BCUT2D eigenvalue weighted by atomic mass is 10.2. The molecule has 4 nitrogen and oxygen atoms in total. The normalized spacial score (nSPS) is 11.1. The van der Waals surface area contributed by atoms with Crippen molar-refractivity contribution in [2.24, 2.45) is 0 Å². The molecule has 0 fully saturated rings. The highest BCUT2D eigenvalue weighted by molar-refractivity contribution is 6.16. The van der Waals surface area contributed by atoms with Gasteiger partial charge in [0, 0.05) is 5.39 Å². The van der Waals surface area contributed by atoms with E-state index in [1.54, 1.807) is 6.26 Å². The highest BCUT2D eigenvalue weighted by Gasteiger charge is 2.11. The van der Waals surface area contributed by atoms with Crippen LogP contribution in [0.4, 0.5) is 0 Å². The number of H-pyrrole nitrogens is 1. The maximum absolute atomic E-state index is 5.66. The molecule has 0 amide bonds. The molecule has 16 heavy (non-hydrogen) atoms. The number of benzene rings is 1. The van der Waals surface area contributed by atoms with Crippen LogP contribution in [0.15, 0.2) is 34.9 Å². The third-order valence-electron chi connectivity index (χ3n) is 2.38. The molecule has 0 aliphatic carbocycles. The molecule has 0 unspecified atom stereocenters. The van der Waals surface area contributed by atoms with E-state index >= 15 is 0 Å². The molecule has 5 heteroatoms. The molecule has 0 atom stereocenters. The highest BCUT2D eigenvalue weighted by atomic mass is 35.5. The third-order valence-corrected chi connectivity index (χ3v) is 2.63. The Labute approximate surface area is 96.2 Å². The predicted molar refractivity (Wildman–Crippen MR) is 61.1 cm³/mol. The Bertz CT molecular complexity index is 629. The summed E-state index contributed by atoms with van der Waals surface area (Å²) >= 11 is 5.66. The van der Waals surface area contributed by atoms with Gasteiger partial charge in [-0.15, -0.1) is 11.6 Å². The molecular weight excluding hydrogens is 226 g/mol. The van der Waals surface area contributed by atoms with Crippen molar-refractivity contribution in [3.63, 3.8) is 0 Å². The molecule has 0 bridgehead atoms. The van der Waals surface area contributed by atoms with Crippen molar-refractivity contribution in [3.8, 4) is 11.4 Å².